The molecular formula is C14H17N3O2. The van der Waals surface area contributed by atoms with Crippen molar-refractivity contribution >= 4 is 11.6 Å². The summed E-state index contributed by atoms with van der Waals surface area (Å²) in [6, 6.07) is 9.74. The van der Waals surface area contributed by atoms with Gasteiger partial charge in [0.25, 0.3) is 0 Å². The van der Waals surface area contributed by atoms with Gasteiger partial charge in [0.15, 0.2) is 0 Å². The minimum atomic E-state index is -0.0685. The van der Waals surface area contributed by atoms with Crippen molar-refractivity contribution < 1.29 is 9.53 Å². The molecule has 1 heterocycles. The SMILES string of the molecule is CCOCCC(=O)Nc1cnn(-c2ccccc2)c1. The maximum absolute atomic E-state index is 11.6. The Morgan fingerprint density at radius 3 is 2.89 bits per heavy atom. The number of amides is 1. The predicted octanol–water partition coefficient (Wildman–Crippen LogP) is 2.24. The lowest BCUT2D eigenvalue weighted by molar-refractivity contribution is -0.117. The average Bonchev–Trinajstić information content (AvgIpc) is 2.88. The van der Waals surface area contributed by atoms with Crippen molar-refractivity contribution in [2.24, 2.45) is 0 Å². The second-order valence-corrected chi connectivity index (χ2v) is 4.00. The summed E-state index contributed by atoms with van der Waals surface area (Å²) < 4.78 is 6.86. The molecule has 5 nitrogen and oxygen atoms in total. The number of ether oxygens (including phenoxy) is 1. The third kappa shape index (κ3) is 3.93. The van der Waals surface area contributed by atoms with E-state index < -0.39 is 0 Å². The van der Waals surface area contributed by atoms with Crippen LogP contribution < -0.4 is 5.32 Å². The Kier molecular flexibility index (Phi) is 4.69. The lowest BCUT2D eigenvalue weighted by Crippen LogP contribution is -2.13. The second-order valence-electron chi connectivity index (χ2n) is 4.00. The molecule has 0 saturated carbocycles. The number of hydrogen-bond acceptors (Lipinski definition) is 3. The van der Waals surface area contributed by atoms with Crippen molar-refractivity contribution in [3.8, 4) is 5.69 Å². The first kappa shape index (κ1) is 13.3. The molecule has 0 aliphatic heterocycles. The highest BCUT2D eigenvalue weighted by Gasteiger charge is 2.05. The summed E-state index contributed by atoms with van der Waals surface area (Å²) >= 11 is 0. The van der Waals surface area contributed by atoms with Crippen molar-refractivity contribution in [2.75, 3.05) is 18.5 Å². The molecule has 0 bridgehead atoms. The second kappa shape index (κ2) is 6.70. The third-order valence-electron chi connectivity index (χ3n) is 2.56. The van der Waals surface area contributed by atoms with Crippen molar-refractivity contribution in [3.63, 3.8) is 0 Å². The summed E-state index contributed by atoms with van der Waals surface area (Å²) in [6.07, 6.45) is 3.77. The largest absolute Gasteiger partial charge is 0.381 e. The summed E-state index contributed by atoms with van der Waals surface area (Å²) in [7, 11) is 0. The fourth-order valence-electron chi connectivity index (χ4n) is 1.64. The maximum Gasteiger partial charge on any atom is 0.226 e. The molecule has 0 radical (unpaired) electrons. The van der Waals surface area contributed by atoms with E-state index in [0.29, 0.717) is 25.3 Å². The molecule has 0 unspecified atom stereocenters. The fourth-order valence-corrected chi connectivity index (χ4v) is 1.64. The van der Waals surface area contributed by atoms with Crippen molar-refractivity contribution in [1.82, 2.24) is 9.78 Å². The Balaban J connectivity index is 1.93. The summed E-state index contributed by atoms with van der Waals surface area (Å²) in [5.74, 6) is -0.0685. The number of hydrogen-bond donors (Lipinski definition) is 1. The van der Waals surface area contributed by atoms with Gasteiger partial charge in [0.1, 0.15) is 0 Å². The van der Waals surface area contributed by atoms with Gasteiger partial charge < -0.3 is 10.1 Å². The van der Waals surface area contributed by atoms with E-state index in [1.807, 2.05) is 37.3 Å². The van der Waals surface area contributed by atoms with E-state index in [2.05, 4.69) is 10.4 Å². The van der Waals surface area contributed by atoms with Gasteiger partial charge in [0, 0.05) is 6.61 Å². The number of carbonyl (C=O) groups excluding carboxylic acids is 1. The molecule has 2 rings (SSSR count). The smallest absolute Gasteiger partial charge is 0.226 e. The number of aromatic nitrogens is 2. The molecule has 0 fully saturated rings. The van der Waals surface area contributed by atoms with Gasteiger partial charge in [0.05, 0.1) is 36.8 Å². The van der Waals surface area contributed by atoms with Gasteiger partial charge in [-0.2, -0.15) is 5.10 Å². The van der Waals surface area contributed by atoms with Crippen LogP contribution in [0.15, 0.2) is 42.7 Å². The van der Waals surface area contributed by atoms with Crippen LogP contribution in [-0.4, -0.2) is 28.9 Å². The molecule has 1 N–H and O–H groups in total. The van der Waals surface area contributed by atoms with Crippen LogP contribution in [0.2, 0.25) is 0 Å². The van der Waals surface area contributed by atoms with Crippen LogP contribution in [0, 0.1) is 0 Å². The first-order valence-electron chi connectivity index (χ1n) is 6.27. The molecule has 0 aliphatic carbocycles. The van der Waals surface area contributed by atoms with Crippen LogP contribution in [0.1, 0.15) is 13.3 Å². The van der Waals surface area contributed by atoms with Crippen LogP contribution in [0.3, 0.4) is 0 Å². The molecule has 1 aromatic heterocycles. The predicted molar refractivity (Wildman–Crippen MR) is 73.3 cm³/mol. The van der Waals surface area contributed by atoms with E-state index in [1.165, 1.54) is 0 Å². The van der Waals surface area contributed by atoms with Crippen LogP contribution in [0.5, 0.6) is 0 Å². The molecule has 5 heteroatoms. The zero-order chi connectivity index (χ0) is 13.5. The summed E-state index contributed by atoms with van der Waals surface area (Å²) in [6.45, 7) is 2.97. The summed E-state index contributed by atoms with van der Waals surface area (Å²) in [5.41, 5.74) is 1.64. The average molecular weight is 259 g/mol. The molecule has 2 aromatic rings. The highest BCUT2D eigenvalue weighted by atomic mass is 16.5. The van der Waals surface area contributed by atoms with Gasteiger partial charge in [-0.25, -0.2) is 4.68 Å². The van der Waals surface area contributed by atoms with Gasteiger partial charge in [-0.15, -0.1) is 0 Å². The maximum atomic E-state index is 11.6. The number of nitrogens with zero attached hydrogens (tertiary/aromatic N) is 2. The van der Waals surface area contributed by atoms with Gasteiger partial charge in [-0.3, -0.25) is 4.79 Å². The lowest BCUT2D eigenvalue weighted by Gasteiger charge is -2.02. The minimum Gasteiger partial charge on any atom is -0.381 e. The van der Waals surface area contributed by atoms with E-state index in [1.54, 1.807) is 17.1 Å². The quantitative estimate of drug-likeness (QED) is 0.809. The first-order valence-corrected chi connectivity index (χ1v) is 6.27. The zero-order valence-corrected chi connectivity index (χ0v) is 10.9. The number of anilines is 1. The molecule has 100 valence electrons. The Hall–Kier alpha value is -2.14. The lowest BCUT2D eigenvalue weighted by atomic mass is 10.3. The highest BCUT2D eigenvalue weighted by molar-refractivity contribution is 5.90. The van der Waals surface area contributed by atoms with E-state index in [-0.39, 0.29) is 5.91 Å². The Morgan fingerprint density at radius 1 is 1.37 bits per heavy atom. The third-order valence-corrected chi connectivity index (χ3v) is 2.56. The normalized spacial score (nSPS) is 10.4. The van der Waals surface area contributed by atoms with E-state index in [0.717, 1.165) is 5.69 Å². The highest BCUT2D eigenvalue weighted by Crippen LogP contribution is 2.11. The molecular weight excluding hydrogens is 242 g/mol. The van der Waals surface area contributed by atoms with E-state index >= 15 is 0 Å². The number of para-hydroxylation sites is 1. The van der Waals surface area contributed by atoms with Gasteiger partial charge in [-0.1, -0.05) is 18.2 Å². The summed E-state index contributed by atoms with van der Waals surface area (Å²) in [5, 5.41) is 7.00. The van der Waals surface area contributed by atoms with Crippen molar-refractivity contribution in [3.05, 3.63) is 42.7 Å². The van der Waals surface area contributed by atoms with E-state index in [9.17, 15) is 4.79 Å². The van der Waals surface area contributed by atoms with Crippen LogP contribution >= 0.6 is 0 Å². The van der Waals surface area contributed by atoms with Gasteiger partial charge >= 0.3 is 0 Å². The number of nitrogens with one attached hydrogen (secondary N) is 1. The molecule has 0 atom stereocenters. The van der Waals surface area contributed by atoms with Gasteiger partial charge in [0.2, 0.25) is 5.91 Å². The van der Waals surface area contributed by atoms with Crippen molar-refractivity contribution in [2.45, 2.75) is 13.3 Å². The monoisotopic (exact) mass is 259 g/mol. The number of carbonyl (C=O) groups is 1. The topological polar surface area (TPSA) is 56.1 Å². The Labute approximate surface area is 112 Å². The van der Waals surface area contributed by atoms with Gasteiger partial charge in [-0.05, 0) is 19.1 Å². The van der Waals surface area contributed by atoms with Crippen molar-refractivity contribution in [1.29, 1.82) is 0 Å². The standard InChI is InChI=1S/C14H17N3O2/c1-2-19-9-8-14(18)16-12-10-15-17(11-12)13-6-4-3-5-7-13/h3-7,10-11H,2,8-9H2,1H3,(H,16,18). The Bertz CT molecular complexity index is 522. The first-order chi connectivity index (χ1) is 9.29. The van der Waals surface area contributed by atoms with Crippen LogP contribution in [-0.2, 0) is 9.53 Å². The molecule has 0 spiro atoms. The molecule has 1 aromatic carbocycles. The van der Waals surface area contributed by atoms with Crippen LogP contribution in [0.25, 0.3) is 5.69 Å². The number of rotatable bonds is 6. The van der Waals surface area contributed by atoms with Crippen LogP contribution in [0.4, 0.5) is 5.69 Å². The molecule has 19 heavy (non-hydrogen) atoms. The Morgan fingerprint density at radius 2 is 2.16 bits per heavy atom. The van der Waals surface area contributed by atoms with E-state index in [4.69, 9.17) is 4.74 Å². The summed E-state index contributed by atoms with van der Waals surface area (Å²) in [4.78, 5) is 11.6. The number of benzene rings is 1. The molecule has 0 aliphatic rings. The molecule has 1 amide bonds. The fraction of sp³-hybridized carbons (Fsp3) is 0.286. The molecule has 0 saturated heterocycles. The minimum absolute atomic E-state index is 0.0685. The zero-order valence-electron chi connectivity index (χ0n) is 10.9.